The zero-order valence-corrected chi connectivity index (χ0v) is 18.3. The van der Waals surface area contributed by atoms with E-state index in [1.165, 1.54) is 20.1 Å². The Labute approximate surface area is 181 Å². The molecule has 31 heavy (non-hydrogen) atoms. The van der Waals surface area contributed by atoms with E-state index in [9.17, 15) is 24.9 Å². The van der Waals surface area contributed by atoms with Crippen molar-refractivity contribution in [3.8, 4) is 11.5 Å². The van der Waals surface area contributed by atoms with Crippen molar-refractivity contribution >= 4 is 18.0 Å². The van der Waals surface area contributed by atoms with Crippen molar-refractivity contribution in [2.75, 3.05) is 7.11 Å². The first-order valence-corrected chi connectivity index (χ1v) is 10.0. The van der Waals surface area contributed by atoms with Gasteiger partial charge < -0.3 is 34.3 Å². The number of esters is 2. The molecule has 0 saturated carbocycles. The van der Waals surface area contributed by atoms with Crippen LogP contribution < -0.4 is 4.74 Å². The monoisotopic (exact) mass is 438 g/mol. The SMILES string of the molecule is COc1cc(C=C(CC(C)C)C(=O)OC2C(O)OC(C)C(O)C2OC(C)=O)ccc1O. The minimum atomic E-state index is -1.58. The van der Waals surface area contributed by atoms with Gasteiger partial charge >= 0.3 is 11.9 Å². The van der Waals surface area contributed by atoms with E-state index in [0.717, 1.165) is 6.92 Å². The van der Waals surface area contributed by atoms with E-state index in [-0.39, 0.29) is 23.0 Å². The van der Waals surface area contributed by atoms with Gasteiger partial charge in [-0.05, 0) is 43.0 Å². The zero-order valence-electron chi connectivity index (χ0n) is 18.3. The van der Waals surface area contributed by atoms with Gasteiger partial charge in [0, 0.05) is 12.5 Å². The molecule has 1 saturated heterocycles. The first-order chi connectivity index (χ1) is 14.5. The third kappa shape index (κ3) is 6.43. The van der Waals surface area contributed by atoms with E-state index in [1.807, 2.05) is 13.8 Å². The van der Waals surface area contributed by atoms with E-state index in [2.05, 4.69) is 0 Å². The third-order valence-corrected chi connectivity index (χ3v) is 4.76. The number of carbonyl (C=O) groups is 2. The molecular weight excluding hydrogens is 408 g/mol. The van der Waals surface area contributed by atoms with Crippen LogP contribution in [0.3, 0.4) is 0 Å². The quantitative estimate of drug-likeness (QED) is 0.430. The predicted molar refractivity (Wildman–Crippen MR) is 110 cm³/mol. The van der Waals surface area contributed by atoms with Crippen molar-refractivity contribution in [1.29, 1.82) is 0 Å². The second-order valence-electron chi connectivity index (χ2n) is 7.87. The molecule has 1 aliphatic rings. The molecule has 0 radical (unpaired) electrons. The lowest BCUT2D eigenvalue weighted by Gasteiger charge is -2.40. The number of aromatic hydroxyl groups is 1. The number of phenolic OH excluding ortho intramolecular Hbond substituents is 1. The van der Waals surface area contributed by atoms with Crippen LogP contribution in [0.15, 0.2) is 23.8 Å². The molecule has 0 aliphatic carbocycles. The Balaban J connectivity index is 2.32. The standard InChI is InChI=1S/C22H30O9/c1-11(2)8-15(9-14-6-7-16(24)17(10-14)28-5)21(26)31-20-19(30-13(4)23)18(25)12(3)29-22(20)27/h6-7,9-12,18-20,22,24-25,27H,8H2,1-5H3. The molecule has 0 aromatic heterocycles. The molecule has 1 aromatic rings. The molecular formula is C22H30O9. The Morgan fingerprint density at radius 1 is 1.19 bits per heavy atom. The normalized spacial score (nSPS) is 26.5. The fraction of sp³-hybridized carbons (Fsp3) is 0.545. The van der Waals surface area contributed by atoms with Gasteiger partial charge in [-0.3, -0.25) is 4.79 Å². The molecule has 0 spiro atoms. The van der Waals surface area contributed by atoms with Crippen molar-refractivity contribution in [2.24, 2.45) is 5.92 Å². The molecule has 1 heterocycles. The largest absolute Gasteiger partial charge is 0.504 e. The zero-order chi connectivity index (χ0) is 23.3. The minimum absolute atomic E-state index is 0.0394. The van der Waals surface area contributed by atoms with Gasteiger partial charge in [-0.25, -0.2) is 4.79 Å². The summed E-state index contributed by atoms with van der Waals surface area (Å²) in [5, 5.41) is 30.4. The Morgan fingerprint density at radius 3 is 2.45 bits per heavy atom. The number of benzene rings is 1. The maximum atomic E-state index is 13.0. The summed E-state index contributed by atoms with van der Waals surface area (Å²) in [5.41, 5.74) is 0.873. The molecule has 0 bridgehead atoms. The molecule has 5 unspecified atom stereocenters. The van der Waals surface area contributed by atoms with Gasteiger partial charge in [0.1, 0.15) is 6.10 Å². The number of phenols is 1. The van der Waals surface area contributed by atoms with Crippen molar-refractivity contribution < 1.29 is 43.9 Å². The Hall–Kier alpha value is -2.62. The molecule has 1 aromatic carbocycles. The maximum Gasteiger partial charge on any atom is 0.334 e. The molecule has 1 aliphatic heterocycles. The van der Waals surface area contributed by atoms with Gasteiger partial charge in [0.2, 0.25) is 0 Å². The number of rotatable bonds is 7. The molecule has 1 fully saturated rings. The highest BCUT2D eigenvalue weighted by atomic mass is 16.7. The summed E-state index contributed by atoms with van der Waals surface area (Å²) in [6.45, 7) is 6.50. The number of aliphatic hydroxyl groups is 2. The van der Waals surface area contributed by atoms with Gasteiger partial charge in [-0.15, -0.1) is 0 Å². The first kappa shape index (κ1) is 24.6. The average Bonchev–Trinajstić information content (AvgIpc) is 2.68. The predicted octanol–water partition coefficient (Wildman–Crippen LogP) is 1.77. The second kappa shape index (κ2) is 10.6. The fourth-order valence-corrected chi connectivity index (χ4v) is 3.28. The van der Waals surface area contributed by atoms with Crippen molar-refractivity contribution in [3.05, 3.63) is 29.3 Å². The van der Waals surface area contributed by atoms with Crippen LogP contribution in [0.2, 0.25) is 0 Å². The van der Waals surface area contributed by atoms with Crippen molar-refractivity contribution in [3.63, 3.8) is 0 Å². The number of carbonyl (C=O) groups excluding carboxylic acids is 2. The highest BCUT2D eigenvalue weighted by molar-refractivity contribution is 5.94. The lowest BCUT2D eigenvalue weighted by atomic mass is 9.98. The Bertz CT molecular complexity index is 817. The number of aliphatic hydroxyl groups excluding tert-OH is 2. The molecule has 9 heteroatoms. The van der Waals surface area contributed by atoms with E-state index >= 15 is 0 Å². The van der Waals surface area contributed by atoms with Crippen LogP contribution in [-0.4, -0.2) is 65.1 Å². The molecule has 172 valence electrons. The number of ether oxygens (including phenoxy) is 4. The number of methoxy groups -OCH3 is 1. The summed E-state index contributed by atoms with van der Waals surface area (Å²) in [4.78, 5) is 24.4. The molecule has 9 nitrogen and oxygen atoms in total. The summed E-state index contributed by atoms with van der Waals surface area (Å²) in [5.74, 6) is -1.15. The molecule has 5 atom stereocenters. The summed E-state index contributed by atoms with van der Waals surface area (Å²) >= 11 is 0. The highest BCUT2D eigenvalue weighted by Crippen LogP contribution is 2.29. The van der Waals surface area contributed by atoms with Crippen LogP contribution in [0.25, 0.3) is 6.08 Å². The number of hydrogen-bond donors (Lipinski definition) is 3. The van der Waals surface area contributed by atoms with Gasteiger partial charge in [0.05, 0.1) is 13.2 Å². The summed E-state index contributed by atoms with van der Waals surface area (Å²) in [6, 6.07) is 4.61. The van der Waals surface area contributed by atoms with E-state index in [0.29, 0.717) is 12.0 Å². The van der Waals surface area contributed by atoms with Crippen molar-refractivity contribution in [2.45, 2.75) is 64.8 Å². The summed E-state index contributed by atoms with van der Waals surface area (Å²) in [7, 11) is 1.41. The average molecular weight is 438 g/mol. The lowest BCUT2D eigenvalue weighted by Crippen LogP contribution is -2.59. The van der Waals surface area contributed by atoms with Crippen LogP contribution >= 0.6 is 0 Å². The molecule has 2 rings (SSSR count). The first-order valence-electron chi connectivity index (χ1n) is 10.0. The lowest BCUT2D eigenvalue weighted by molar-refractivity contribution is -0.284. The van der Waals surface area contributed by atoms with E-state index < -0.39 is 42.6 Å². The highest BCUT2D eigenvalue weighted by Gasteiger charge is 2.47. The van der Waals surface area contributed by atoms with Crippen LogP contribution in [0.1, 0.15) is 39.7 Å². The second-order valence-corrected chi connectivity index (χ2v) is 7.87. The van der Waals surface area contributed by atoms with Gasteiger partial charge in [-0.2, -0.15) is 0 Å². The maximum absolute atomic E-state index is 13.0. The van der Waals surface area contributed by atoms with Gasteiger partial charge in [-0.1, -0.05) is 19.9 Å². The van der Waals surface area contributed by atoms with Crippen LogP contribution in [-0.2, 0) is 23.8 Å². The van der Waals surface area contributed by atoms with Gasteiger partial charge in [0.25, 0.3) is 0 Å². The van der Waals surface area contributed by atoms with Crippen LogP contribution in [0.5, 0.6) is 11.5 Å². The van der Waals surface area contributed by atoms with Crippen LogP contribution in [0, 0.1) is 5.92 Å². The summed E-state index contributed by atoms with van der Waals surface area (Å²) < 4.78 is 20.9. The minimum Gasteiger partial charge on any atom is -0.504 e. The summed E-state index contributed by atoms with van der Waals surface area (Å²) in [6.07, 6.45) is -4.46. The van der Waals surface area contributed by atoms with Crippen LogP contribution in [0.4, 0.5) is 0 Å². The topological polar surface area (TPSA) is 132 Å². The Kier molecular flexibility index (Phi) is 8.43. The molecule has 3 N–H and O–H groups in total. The van der Waals surface area contributed by atoms with Gasteiger partial charge in [0.15, 0.2) is 30.0 Å². The Morgan fingerprint density at radius 2 is 1.87 bits per heavy atom. The fourth-order valence-electron chi connectivity index (χ4n) is 3.28. The third-order valence-electron chi connectivity index (χ3n) is 4.76. The van der Waals surface area contributed by atoms with Crippen molar-refractivity contribution in [1.82, 2.24) is 0 Å². The smallest absolute Gasteiger partial charge is 0.334 e. The molecule has 0 amide bonds. The van der Waals surface area contributed by atoms with E-state index in [1.54, 1.807) is 18.2 Å². The van der Waals surface area contributed by atoms with E-state index in [4.69, 9.17) is 18.9 Å². The number of hydrogen-bond acceptors (Lipinski definition) is 9.